The van der Waals surface area contributed by atoms with Gasteiger partial charge in [0, 0.05) is 26.1 Å². The molecule has 92 valence electrons. The lowest BCUT2D eigenvalue weighted by Gasteiger charge is -2.20. The average Bonchev–Trinajstić information content (AvgIpc) is 2.62. The highest BCUT2D eigenvalue weighted by molar-refractivity contribution is 6.33. The number of halogens is 2. The molecular weight excluding hydrogens is 263 g/mol. The van der Waals surface area contributed by atoms with Crippen molar-refractivity contribution in [2.75, 3.05) is 18.9 Å². The number of likely N-dealkylation sites (N-methyl/N-ethyl adjacent to an activating group) is 1. The van der Waals surface area contributed by atoms with Crippen LogP contribution in [0.2, 0.25) is 10.3 Å². The summed E-state index contributed by atoms with van der Waals surface area (Å²) < 4.78 is 0. The zero-order valence-electron chi connectivity index (χ0n) is 9.28. The fraction of sp³-hybridized carbons (Fsp3) is 0.500. The molecule has 0 aliphatic carbocycles. The average molecular weight is 275 g/mol. The molecule has 5 nitrogen and oxygen atoms in total. The summed E-state index contributed by atoms with van der Waals surface area (Å²) in [5.74, 6) is 0.669. The van der Waals surface area contributed by atoms with Crippen LogP contribution in [0, 0.1) is 0 Å². The number of nitrogens with one attached hydrogen (secondary N) is 1. The van der Waals surface area contributed by atoms with Crippen molar-refractivity contribution in [3.63, 3.8) is 0 Å². The molecule has 1 aromatic heterocycles. The summed E-state index contributed by atoms with van der Waals surface area (Å²) in [6.45, 7) is 0.606. The minimum atomic E-state index is 0.146. The summed E-state index contributed by atoms with van der Waals surface area (Å²) in [6, 6.07) is 0.173. The van der Waals surface area contributed by atoms with Gasteiger partial charge in [0.05, 0.1) is 6.20 Å². The van der Waals surface area contributed by atoms with Crippen molar-refractivity contribution in [3.05, 3.63) is 16.5 Å². The Morgan fingerprint density at radius 2 is 2.35 bits per heavy atom. The minimum absolute atomic E-state index is 0.146. The third-order valence-corrected chi connectivity index (χ3v) is 3.31. The van der Waals surface area contributed by atoms with Crippen LogP contribution in [0.15, 0.2) is 6.20 Å². The van der Waals surface area contributed by atoms with Crippen molar-refractivity contribution >= 4 is 34.9 Å². The van der Waals surface area contributed by atoms with Gasteiger partial charge in [-0.05, 0) is 18.0 Å². The van der Waals surface area contributed by atoms with E-state index in [1.54, 1.807) is 11.9 Å². The van der Waals surface area contributed by atoms with Crippen LogP contribution >= 0.6 is 23.2 Å². The van der Waals surface area contributed by atoms with E-state index in [0.717, 1.165) is 6.42 Å². The zero-order valence-corrected chi connectivity index (χ0v) is 10.8. The van der Waals surface area contributed by atoms with Gasteiger partial charge in [-0.25, -0.2) is 4.98 Å². The first-order valence-electron chi connectivity index (χ1n) is 5.25. The third kappa shape index (κ3) is 2.79. The van der Waals surface area contributed by atoms with Gasteiger partial charge in [-0.2, -0.15) is 4.98 Å². The van der Waals surface area contributed by atoms with Gasteiger partial charge in [0.25, 0.3) is 0 Å². The molecule has 1 fully saturated rings. The highest BCUT2D eigenvalue weighted by atomic mass is 35.5. The lowest BCUT2D eigenvalue weighted by Crippen LogP contribution is -2.34. The molecule has 17 heavy (non-hydrogen) atoms. The molecule has 1 unspecified atom stereocenters. The molecule has 1 aromatic rings. The normalized spacial score (nSPS) is 19.8. The maximum absolute atomic E-state index is 11.3. The van der Waals surface area contributed by atoms with Crippen molar-refractivity contribution in [2.24, 2.45) is 0 Å². The second kappa shape index (κ2) is 5.06. The quantitative estimate of drug-likeness (QED) is 0.855. The number of likely N-dealkylation sites (tertiary alicyclic amines) is 1. The molecule has 1 amide bonds. The van der Waals surface area contributed by atoms with E-state index < -0.39 is 0 Å². The summed E-state index contributed by atoms with van der Waals surface area (Å²) in [5, 5.41) is 3.65. The topological polar surface area (TPSA) is 58.1 Å². The Morgan fingerprint density at radius 3 is 3.00 bits per heavy atom. The predicted octanol–water partition coefficient (Wildman–Crippen LogP) is 1.82. The minimum Gasteiger partial charge on any atom is -0.367 e. The summed E-state index contributed by atoms with van der Waals surface area (Å²) >= 11 is 11.6. The molecular formula is C10H12Cl2N4O. The van der Waals surface area contributed by atoms with Crippen molar-refractivity contribution in [2.45, 2.75) is 18.9 Å². The smallest absolute Gasteiger partial charge is 0.224 e. The molecule has 1 aliphatic heterocycles. The van der Waals surface area contributed by atoms with Crippen LogP contribution in [-0.2, 0) is 4.79 Å². The standard InChI is InChI=1S/C10H12Cl2N4O/c1-16-6(2-3-8(16)17)4-13-9-7(11)5-14-10(12)15-9/h5-6H,2-4H2,1H3,(H,13,14,15). The maximum Gasteiger partial charge on any atom is 0.224 e. The van der Waals surface area contributed by atoms with Crippen LogP contribution in [0.25, 0.3) is 0 Å². The van der Waals surface area contributed by atoms with Crippen LogP contribution in [0.5, 0.6) is 0 Å². The molecule has 1 aliphatic rings. The van der Waals surface area contributed by atoms with E-state index in [1.807, 2.05) is 0 Å². The van der Waals surface area contributed by atoms with Crippen molar-refractivity contribution in [1.82, 2.24) is 14.9 Å². The largest absolute Gasteiger partial charge is 0.367 e. The number of rotatable bonds is 3. The highest BCUT2D eigenvalue weighted by Gasteiger charge is 2.27. The van der Waals surface area contributed by atoms with Crippen molar-refractivity contribution in [1.29, 1.82) is 0 Å². The number of carbonyl (C=O) groups excluding carboxylic acids is 1. The summed E-state index contributed by atoms with van der Waals surface area (Å²) in [6.07, 6.45) is 2.89. The van der Waals surface area contributed by atoms with Crippen LogP contribution in [0.1, 0.15) is 12.8 Å². The van der Waals surface area contributed by atoms with Gasteiger partial charge in [0.2, 0.25) is 11.2 Å². The molecule has 2 heterocycles. The van der Waals surface area contributed by atoms with Crippen LogP contribution < -0.4 is 5.32 Å². The Labute approximate surface area is 109 Å². The second-order valence-electron chi connectivity index (χ2n) is 3.91. The van der Waals surface area contributed by atoms with Gasteiger partial charge in [-0.1, -0.05) is 11.6 Å². The fourth-order valence-corrected chi connectivity index (χ4v) is 2.08. The fourth-order valence-electron chi connectivity index (χ4n) is 1.79. The first-order valence-corrected chi connectivity index (χ1v) is 6.01. The molecule has 2 rings (SSSR count). The molecule has 1 saturated heterocycles. The third-order valence-electron chi connectivity index (χ3n) is 2.85. The zero-order chi connectivity index (χ0) is 12.4. The van der Waals surface area contributed by atoms with Crippen molar-refractivity contribution in [3.8, 4) is 0 Å². The lowest BCUT2D eigenvalue weighted by molar-refractivity contribution is -0.127. The summed E-state index contributed by atoms with van der Waals surface area (Å²) in [5.41, 5.74) is 0. The number of aromatic nitrogens is 2. The number of hydrogen-bond acceptors (Lipinski definition) is 4. The molecule has 0 aromatic carbocycles. The van der Waals surface area contributed by atoms with Gasteiger partial charge in [-0.15, -0.1) is 0 Å². The van der Waals surface area contributed by atoms with Crippen LogP contribution in [0.3, 0.4) is 0 Å². The molecule has 0 saturated carbocycles. The van der Waals surface area contributed by atoms with Gasteiger partial charge in [-0.3, -0.25) is 4.79 Å². The Hall–Kier alpha value is -1.07. The number of hydrogen-bond donors (Lipinski definition) is 1. The van der Waals surface area contributed by atoms with Gasteiger partial charge in [0.15, 0.2) is 0 Å². The molecule has 7 heteroatoms. The van der Waals surface area contributed by atoms with Gasteiger partial charge < -0.3 is 10.2 Å². The Balaban J connectivity index is 1.98. The monoisotopic (exact) mass is 274 g/mol. The Kier molecular flexibility index (Phi) is 3.69. The predicted molar refractivity (Wildman–Crippen MR) is 66.3 cm³/mol. The van der Waals surface area contributed by atoms with E-state index in [0.29, 0.717) is 23.8 Å². The molecule has 1 N–H and O–H groups in total. The molecule has 1 atom stereocenters. The first kappa shape index (κ1) is 12.4. The van der Waals surface area contributed by atoms with Crippen molar-refractivity contribution < 1.29 is 4.79 Å². The van der Waals surface area contributed by atoms with E-state index in [1.165, 1.54) is 6.20 Å². The molecule has 0 spiro atoms. The van der Waals surface area contributed by atoms with E-state index in [-0.39, 0.29) is 17.2 Å². The van der Waals surface area contributed by atoms with Crippen LogP contribution in [0.4, 0.5) is 5.82 Å². The Bertz CT molecular complexity index is 440. The number of carbonyl (C=O) groups is 1. The summed E-state index contributed by atoms with van der Waals surface area (Å²) in [7, 11) is 1.80. The summed E-state index contributed by atoms with van der Waals surface area (Å²) in [4.78, 5) is 20.8. The SMILES string of the molecule is CN1C(=O)CCC1CNc1nc(Cl)ncc1Cl. The Morgan fingerprint density at radius 1 is 1.59 bits per heavy atom. The van der Waals surface area contributed by atoms with E-state index in [9.17, 15) is 4.79 Å². The van der Waals surface area contributed by atoms with E-state index in [4.69, 9.17) is 23.2 Å². The second-order valence-corrected chi connectivity index (χ2v) is 4.66. The van der Waals surface area contributed by atoms with E-state index >= 15 is 0 Å². The molecule has 0 bridgehead atoms. The first-order chi connectivity index (χ1) is 8.08. The molecule has 0 radical (unpaired) electrons. The van der Waals surface area contributed by atoms with E-state index in [2.05, 4.69) is 15.3 Å². The van der Waals surface area contributed by atoms with Gasteiger partial charge >= 0.3 is 0 Å². The number of amides is 1. The maximum atomic E-state index is 11.3. The number of nitrogens with zero attached hydrogens (tertiary/aromatic N) is 3. The highest BCUT2D eigenvalue weighted by Crippen LogP contribution is 2.21. The number of anilines is 1. The lowest BCUT2D eigenvalue weighted by atomic mass is 10.2. The van der Waals surface area contributed by atoms with Crippen LogP contribution in [-0.4, -0.2) is 40.4 Å². The van der Waals surface area contributed by atoms with Gasteiger partial charge in [0.1, 0.15) is 10.8 Å².